The van der Waals surface area contributed by atoms with E-state index in [0.29, 0.717) is 0 Å². The van der Waals surface area contributed by atoms with Crippen LogP contribution in [0.5, 0.6) is 0 Å². The van der Waals surface area contributed by atoms with Gasteiger partial charge in [-0.1, -0.05) is 13.8 Å². The quantitative estimate of drug-likeness (QED) is 0.602. The van der Waals surface area contributed by atoms with Crippen LogP contribution in [0.3, 0.4) is 0 Å². The van der Waals surface area contributed by atoms with Crippen molar-refractivity contribution in [1.29, 1.82) is 0 Å². The summed E-state index contributed by atoms with van der Waals surface area (Å²) >= 11 is 0. The van der Waals surface area contributed by atoms with E-state index in [1.165, 1.54) is 13.8 Å². The monoisotopic (exact) mass is 188 g/mol. The van der Waals surface area contributed by atoms with Crippen molar-refractivity contribution >= 4 is 0 Å². The van der Waals surface area contributed by atoms with E-state index >= 15 is 0 Å². The zero-order valence-electron chi connectivity index (χ0n) is 6.99. The summed E-state index contributed by atoms with van der Waals surface area (Å²) in [7, 11) is 0. The van der Waals surface area contributed by atoms with Gasteiger partial charge in [0.1, 0.15) is 5.60 Å². The molecule has 1 nitrogen and oxygen atoms in total. The normalized spacial score (nSPS) is 13.0. The van der Waals surface area contributed by atoms with Crippen LogP contribution in [0.15, 0.2) is 0 Å². The second kappa shape index (κ2) is 4.64. The summed E-state index contributed by atoms with van der Waals surface area (Å²) in [5, 5.41) is 0. The molecule has 0 fully saturated rings. The number of hydrogen-bond acceptors (Lipinski definition) is 1. The Balaban J connectivity index is 4.35. The van der Waals surface area contributed by atoms with Crippen LogP contribution >= 0.6 is 0 Å². The largest absolute Gasteiger partial charge is 0.346 e. The Hall–Kier alpha value is -0.320. The number of alkyl halides is 4. The van der Waals surface area contributed by atoms with Crippen molar-refractivity contribution in [3.8, 4) is 0 Å². The highest BCUT2D eigenvalue weighted by Gasteiger charge is 2.40. The fourth-order valence-electron chi connectivity index (χ4n) is 0.954. The third-order valence-corrected chi connectivity index (χ3v) is 1.92. The first-order valence-electron chi connectivity index (χ1n) is 3.72. The van der Waals surface area contributed by atoms with E-state index in [1.54, 1.807) is 0 Å². The first-order valence-corrected chi connectivity index (χ1v) is 3.72. The molecule has 0 rings (SSSR count). The van der Waals surface area contributed by atoms with Gasteiger partial charge in [0.25, 0.3) is 6.43 Å². The first kappa shape index (κ1) is 11.7. The molecule has 12 heavy (non-hydrogen) atoms. The topological polar surface area (TPSA) is 9.23 Å². The standard InChI is InChI=1S/C7H12F4O/c1-3-7(4-2,5(8)9)12-6(10)11/h5-6H,3-4H2,1-2H3. The van der Waals surface area contributed by atoms with Crippen LogP contribution < -0.4 is 0 Å². The highest BCUT2D eigenvalue weighted by atomic mass is 19.3. The lowest BCUT2D eigenvalue weighted by Gasteiger charge is -2.30. The second-order valence-corrected chi connectivity index (χ2v) is 2.45. The molecule has 0 N–H and O–H groups in total. The number of ether oxygens (including phenoxy) is 1. The van der Waals surface area contributed by atoms with E-state index in [-0.39, 0.29) is 12.8 Å². The van der Waals surface area contributed by atoms with Gasteiger partial charge in [0, 0.05) is 0 Å². The number of halogens is 4. The van der Waals surface area contributed by atoms with E-state index in [4.69, 9.17) is 0 Å². The molecule has 0 aliphatic rings. The zero-order valence-corrected chi connectivity index (χ0v) is 6.99. The minimum Gasteiger partial charge on any atom is -0.310 e. The van der Waals surface area contributed by atoms with Crippen molar-refractivity contribution in [2.45, 2.75) is 45.3 Å². The Morgan fingerprint density at radius 2 is 1.50 bits per heavy atom. The summed E-state index contributed by atoms with van der Waals surface area (Å²) in [6.07, 6.45) is -3.11. The molecule has 5 heteroatoms. The van der Waals surface area contributed by atoms with Gasteiger partial charge in [-0.15, -0.1) is 0 Å². The molecule has 0 aliphatic heterocycles. The van der Waals surface area contributed by atoms with Gasteiger partial charge in [-0.3, -0.25) is 0 Å². The van der Waals surface area contributed by atoms with Gasteiger partial charge in [-0.2, -0.15) is 8.78 Å². The summed E-state index contributed by atoms with van der Waals surface area (Å²) in [4.78, 5) is 0. The van der Waals surface area contributed by atoms with E-state index in [1.807, 2.05) is 0 Å². The van der Waals surface area contributed by atoms with Crippen molar-refractivity contribution in [2.24, 2.45) is 0 Å². The molecular formula is C7H12F4O. The minimum absolute atomic E-state index is 0.120. The van der Waals surface area contributed by atoms with E-state index in [0.717, 1.165) is 0 Å². The lowest BCUT2D eigenvalue weighted by atomic mass is 9.98. The van der Waals surface area contributed by atoms with Crippen molar-refractivity contribution in [1.82, 2.24) is 0 Å². The van der Waals surface area contributed by atoms with Crippen LogP contribution in [-0.4, -0.2) is 18.6 Å². The zero-order chi connectivity index (χ0) is 9.78. The Morgan fingerprint density at radius 3 is 1.58 bits per heavy atom. The van der Waals surface area contributed by atoms with Gasteiger partial charge >= 0.3 is 6.61 Å². The van der Waals surface area contributed by atoms with Crippen LogP contribution in [0.25, 0.3) is 0 Å². The van der Waals surface area contributed by atoms with E-state index in [9.17, 15) is 17.6 Å². The Bertz CT molecular complexity index is 123. The minimum atomic E-state index is -3.14. The third-order valence-electron chi connectivity index (χ3n) is 1.92. The summed E-state index contributed by atoms with van der Waals surface area (Å²) in [6, 6.07) is 0. The third kappa shape index (κ3) is 2.62. The molecule has 0 aromatic heterocycles. The molecule has 0 atom stereocenters. The Kier molecular flexibility index (Phi) is 4.52. The van der Waals surface area contributed by atoms with Gasteiger partial charge in [-0.05, 0) is 12.8 Å². The summed E-state index contributed by atoms with van der Waals surface area (Å²) in [6.45, 7) is -0.338. The molecule has 0 heterocycles. The maximum atomic E-state index is 12.3. The van der Waals surface area contributed by atoms with Gasteiger partial charge in [0.2, 0.25) is 0 Å². The molecule has 0 saturated heterocycles. The molecule has 0 spiro atoms. The Labute approximate surface area is 68.7 Å². The smallest absolute Gasteiger partial charge is 0.310 e. The van der Waals surface area contributed by atoms with E-state index < -0.39 is 18.6 Å². The molecule has 0 aromatic rings. The SMILES string of the molecule is CCC(CC)(OC(F)F)C(F)F. The second-order valence-electron chi connectivity index (χ2n) is 2.45. The summed E-state index contributed by atoms with van der Waals surface area (Å²) < 4.78 is 51.8. The fourth-order valence-corrected chi connectivity index (χ4v) is 0.954. The molecule has 0 radical (unpaired) electrons. The molecule has 0 unspecified atom stereocenters. The van der Waals surface area contributed by atoms with Crippen LogP contribution in [0.4, 0.5) is 17.6 Å². The van der Waals surface area contributed by atoms with Crippen LogP contribution in [0.2, 0.25) is 0 Å². The molecule has 0 aliphatic carbocycles. The molecular weight excluding hydrogens is 176 g/mol. The van der Waals surface area contributed by atoms with Gasteiger partial charge in [0.15, 0.2) is 0 Å². The van der Waals surface area contributed by atoms with Gasteiger partial charge in [0.05, 0.1) is 0 Å². The van der Waals surface area contributed by atoms with Crippen LogP contribution in [0, 0.1) is 0 Å². The summed E-state index contributed by atoms with van der Waals surface area (Å²) in [5.74, 6) is 0. The van der Waals surface area contributed by atoms with Crippen molar-refractivity contribution in [3.05, 3.63) is 0 Å². The average Bonchev–Trinajstić information content (AvgIpc) is 1.99. The van der Waals surface area contributed by atoms with E-state index in [2.05, 4.69) is 4.74 Å². The van der Waals surface area contributed by atoms with Crippen LogP contribution in [0.1, 0.15) is 26.7 Å². The number of hydrogen-bond donors (Lipinski definition) is 0. The highest BCUT2D eigenvalue weighted by molar-refractivity contribution is 4.80. The molecule has 0 aromatic carbocycles. The lowest BCUT2D eigenvalue weighted by Crippen LogP contribution is -2.40. The fraction of sp³-hybridized carbons (Fsp3) is 1.00. The molecule has 0 amide bonds. The summed E-state index contributed by atoms with van der Waals surface area (Å²) in [5.41, 5.74) is -1.98. The van der Waals surface area contributed by atoms with Crippen molar-refractivity contribution in [3.63, 3.8) is 0 Å². The molecule has 0 bridgehead atoms. The molecule has 0 saturated carbocycles. The van der Waals surface area contributed by atoms with Crippen LogP contribution in [-0.2, 0) is 4.74 Å². The molecule has 74 valence electrons. The van der Waals surface area contributed by atoms with Gasteiger partial charge in [-0.25, -0.2) is 8.78 Å². The van der Waals surface area contributed by atoms with Crippen molar-refractivity contribution in [2.75, 3.05) is 0 Å². The maximum absolute atomic E-state index is 12.3. The highest BCUT2D eigenvalue weighted by Crippen LogP contribution is 2.30. The Morgan fingerprint density at radius 1 is 1.08 bits per heavy atom. The van der Waals surface area contributed by atoms with Crippen molar-refractivity contribution < 1.29 is 22.3 Å². The predicted molar refractivity (Wildman–Crippen MR) is 36.4 cm³/mol. The predicted octanol–water partition coefficient (Wildman–Crippen LogP) is 3.05. The lowest BCUT2D eigenvalue weighted by molar-refractivity contribution is -0.250. The first-order chi connectivity index (χ1) is 5.48. The number of rotatable bonds is 5. The van der Waals surface area contributed by atoms with Gasteiger partial charge < -0.3 is 4.74 Å². The average molecular weight is 188 g/mol. The maximum Gasteiger partial charge on any atom is 0.346 e.